The van der Waals surface area contributed by atoms with E-state index in [0.29, 0.717) is 50.5 Å². The van der Waals surface area contributed by atoms with Crippen LogP contribution in [0.3, 0.4) is 0 Å². The third-order valence-electron chi connectivity index (χ3n) is 6.19. The molecule has 0 radical (unpaired) electrons. The lowest BCUT2D eigenvalue weighted by Crippen LogP contribution is -2.16. The van der Waals surface area contributed by atoms with E-state index in [0.717, 1.165) is 5.56 Å². The number of carbonyl (C=O) groups excluding carboxylic acids is 1. The molecule has 1 aromatic heterocycles. The van der Waals surface area contributed by atoms with E-state index >= 15 is 0 Å². The van der Waals surface area contributed by atoms with Gasteiger partial charge in [-0.2, -0.15) is 8.78 Å². The highest BCUT2D eigenvalue weighted by atomic mass is 35.5. The Bertz CT molecular complexity index is 1470. The molecular formula is C30H27Cl2F2N2O5+. The van der Waals surface area contributed by atoms with Crippen molar-refractivity contribution < 1.29 is 37.5 Å². The van der Waals surface area contributed by atoms with Crippen LogP contribution in [0.2, 0.25) is 10.0 Å². The van der Waals surface area contributed by atoms with Crippen LogP contribution in [0.25, 0.3) is 0 Å². The van der Waals surface area contributed by atoms with Crippen molar-refractivity contribution in [2.45, 2.75) is 25.7 Å². The average molecular weight is 604 g/mol. The van der Waals surface area contributed by atoms with Crippen LogP contribution in [0.5, 0.6) is 17.2 Å². The van der Waals surface area contributed by atoms with Gasteiger partial charge >= 0.3 is 12.6 Å². The zero-order chi connectivity index (χ0) is 29.4. The van der Waals surface area contributed by atoms with Crippen LogP contribution in [0.15, 0.2) is 79.1 Å². The molecule has 0 unspecified atom stereocenters. The Balaban J connectivity index is 1.52. The SMILES string of the molecule is COc1ccc([C@H](Cc2c(Cl)c[nH+]cc2Cl)OC(=O)c2ccc(CNc3ccccc3OC(F)F)cc2)cc1OC. The summed E-state index contributed by atoms with van der Waals surface area (Å²) < 4.78 is 46.7. The van der Waals surface area contributed by atoms with E-state index in [2.05, 4.69) is 15.0 Å². The highest BCUT2D eigenvalue weighted by molar-refractivity contribution is 6.35. The van der Waals surface area contributed by atoms with Crippen molar-refractivity contribution in [3.63, 3.8) is 0 Å². The van der Waals surface area contributed by atoms with Crippen molar-refractivity contribution in [2.24, 2.45) is 0 Å². The van der Waals surface area contributed by atoms with Gasteiger partial charge in [0.05, 0.1) is 25.5 Å². The number of esters is 1. The van der Waals surface area contributed by atoms with Gasteiger partial charge in [-0.3, -0.25) is 0 Å². The zero-order valence-electron chi connectivity index (χ0n) is 22.1. The lowest BCUT2D eigenvalue weighted by Gasteiger charge is -2.20. The molecule has 11 heteroatoms. The maximum atomic E-state index is 13.3. The Morgan fingerprint density at radius 2 is 1.59 bits per heavy atom. The molecule has 3 aromatic carbocycles. The van der Waals surface area contributed by atoms with E-state index < -0.39 is 18.7 Å². The number of hydrogen-bond acceptors (Lipinski definition) is 6. The third kappa shape index (κ3) is 7.77. The number of anilines is 1. The Kier molecular flexibility index (Phi) is 10.2. The predicted octanol–water partition coefficient (Wildman–Crippen LogP) is 7.18. The minimum absolute atomic E-state index is 0.0421. The molecule has 0 aliphatic heterocycles. The Labute approximate surface area is 245 Å². The molecule has 0 aliphatic carbocycles. The van der Waals surface area contributed by atoms with Crippen molar-refractivity contribution in [3.8, 4) is 17.2 Å². The number of nitrogens with one attached hydrogen (secondary N) is 2. The number of H-pyrrole nitrogens is 1. The van der Waals surface area contributed by atoms with Crippen LogP contribution in [0, 0.1) is 0 Å². The molecule has 4 rings (SSSR count). The Hall–Kier alpha value is -4.08. The number of carbonyl (C=O) groups is 1. The first-order valence-electron chi connectivity index (χ1n) is 12.4. The summed E-state index contributed by atoms with van der Waals surface area (Å²) in [5.74, 6) is 0.483. The number of methoxy groups -OCH3 is 2. The zero-order valence-corrected chi connectivity index (χ0v) is 23.6. The van der Waals surface area contributed by atoms with Gasteiger partial charge in [0, 0.05) is 18.5 Å². The number of pyridine rings is 1. The summed E-state index contributed by atoms with van der Waals surface area (Å²) in [6, 6.07) is 18.4. The van der Waals surface area contributed by atoms with E-state index in [1.165, 1.54) is 20.3 Å². The Morgan fingerprint density at radius 3 is 2.24 bits per heavy atom. The molecule has 0 aliphatic rings. The number of ether oxygens (including phenoxy) is 4. The predicted molar refractivity (Wildman–Crippen MR) is 151 cm³/mol. The molecular weight excluding hydrogens is 577 g/mol. The summed E-state index contributed by atoms with van der Waals surface area (Å²) in [5, 5.41) is 3.87. The van der Waals surface area contributed by atoms with E-state index in [9.17, 15) is 13.6 Å². The summed E-state index contributed by atoms with van der Waals surface area (Å²) in [6.07, 6.45) is 2.64. The van der Waals surface area contributed by atoms with Crippen molar-refractivity contribution in [1.82, 2.24) is 0 Å². The molecule has 7 nitrogen and oxygen atoms in total. The summed E-state index contributed by atoms with van der Waals surface area (Å²) in [7, 11) is 3.05. The smallest absolute Gasteiger partial charge is 0.387 e. The van der Waals surface area contributed by atoms with Gasteiger partial charge in [-0.05, 0) is 47.5 Å². The molecule has 0 saturated heterocycles. The minimum Gasteiger partial charge on any atom is -0.493 e. The standard InChI is InChI=1S/C30H26Cl2F2N2O5/c1-38-26-12-11-20(13-28(26)39-2)27(14-21-22(31)16-35-17-23(21)32)40-29(37)19-9-7-18(8-10-19)15-36-24-5-3-4-6-25(24)41-30(33)34/h3-13,16-17,27,30,36H,14-15H2,1-2H3/p+1/t27-/m0/s1. The summed E-state index contributed by atoms with van der Waals surface area (Å²) in [5.41, 5.74) is 2.81. The van der Waals surface area contributed by atoms with Gasteiger partial charge in [0.15, 0.2) is 23.9 Å². The molecule has 0 amide bonds. The molecule has 1 heterocycles. The van der Waals surface area contributed by atoms with Crippen LogP contribution >= 0.6 is 23.2 Å². The molecule has 214 valence electrons. The molecule has 4 aromatic rings. The van der Waals surface area contributed by atoms with E-state index in [1.807, 2.05) is 0 Å². The summed E-state index contributed by atoms with van der Waals surface area (Å²) in [6.45, 7) is -2.62. The summed E-state index contributed by atoms with van der Waals surface area (Å²) in [4.78, 5) is 16.1. The van der Waals surface area contributed by atoms with E-state index in [4.69, 9.17) is 37.4 Å². The largest absolute Gasteiger partial charge is 0.493 e. The van der Waals surface area contributed by atoms with Crippen LogP contribution in [-0.2, 0) is 17.7 Å². The lowest BCUT2D eigenvalue weighted by molar-refractivity contribution is -0.377. The fraction of sp³-hybridized carbons (Fsp3) is 0.200. The molecule has 41 heavy (non-hydrogen) atoms. The van der Waals surface area contributed by atoms with Gasteiger partial charge < -0.3 is 24.3 Å². The lowest BCUT2D eigenvalue weighted by atomic mass is 10.0. The number of benzene rings is 3. The van der Waals surface area contributed by atoms with Crippen LogP contribution in [-0.4, -0.2) is 26.8 Å². The Morgan fingerprint density at radius 1 is 0.902 bits per heavy atom. The number of rotatable bonds is 12. The van der Waals surface area contributed by atoms with Crippen molar-refractivity contribution in [1.29, 1.82) is 0 Å². The monoisotopic (exact) mass is 603 g/mol. The molecule has 0 saturated carbocycles. The second kappa shape index (κ2) is 14.0. The number of aromatic amines is 1. The van der Waals surface area contributed by atoms with Gasteiger partial charge in [-0.15, -0.1) is 0 Å². The fourth-order valence-electron chi connectivity index (χ4n) is 4.10. The molecule has 2 N–H and O–H groups in total. The minimum atomic E-state index is -2.93. The molecule has 0 spiro atoms. The number of aromatic nitrogens is 1. The second-order valence-electron chi connectivity index (χ2n) is 8.77. The maximum absolute atomic E-state index is 13.3. The topological polar surface area (TPSA) is 80.2 Å². The second-order valence-corrected chi connectivity index (χ2v) is 9.58. The highest BCUT2D eigenvalue weighted by Crippen LogP contribution is 2.35. The van der Waals surface area contributed by atoms with Gasteiger partial charge in [0.25, 0.3) is 0 Å². The van der Waals surface area contributed by atoms with Crippen LogP contribution < -0.4 is 24.5 Å². The highest BCUT2D eigenvalue weighted by Gasteiger charge is 2.24. The van der Waals surface area contributed by atoms with Gasteiger partial charge in [0.2, 0.25) is 0 Å². The van der Waals surface area contributed by atoms with Crippen molar-refractivity contribution >= 4 is 34.9 Å². The third-order valence-corrected chi connectivity index (χ3v) is 6.87. The number of hydrogen-bond donors (Lipinski definition) is 1. The first-order chi connectivity index (χ1) is 19.8. The van der Waals surface area contributed by atoms with Crippen molar-refractivity contribution in [2.75, 3.05) is 19.5 Å². The average Bonchev–Trinajstić information content (AvgIpc) is 2.97. The molecule has 0 fully saturated rings. The first kappa shape index (κ1) is 29.9. The van der Waals surface area contributed by atoms with Crippen LogP contribution in [0.4, 0.5) is 14.5 Å². The number of para-hydroxylation sites is 2. The quantitative estimate of drug-likeness (QED) is 0.173. The molecule has 1 atom stereocenters. The number of alkyl halides is 2. The number of halogens is 4. The van der Waals surface area contributed by atoms with Crippen LogP contribution in [0.1, 0.15) is 33.2 Å². The van der Waals surface area contributed by atoms with E-state index in [1.54, 1.807) is 73.1 Å². The molecule has 0 bridgehead atoms. The normalized spacial score (nSPS) is 11.6. The van der Waals surface area contributed by atoms with E-state index in [-0.39, 0.29) is 12.2 Å². The van der Waals surface area contributed by atoms with Gasteiger partial charge in [-0.25, -0.2) is 9.78 Å². The first-order valence-corrected chi connectivity index (χ1v) is 13.2. The van der Waals surface area contributed by atoms with Gasteiger partial charge in [-0.1, -0.05) is 53.5 Å². The van der Waals surface area contributed by atoms with Crippen molar-refractivity contribution in [3.05, 3.63) is 111 Å². The van der Waals surface area contributed by atoms with Gasteiger partial charge in [0.1, 0.15) is 21.9 Å². The fourth-order valence-corrected chi connectivity index (χ4v) is 4.63. The summed E-state index contributed by atoms with van der Waals surface area (Å²) >= 11 is 12.8. The maximum Gasteiger partial charge on any atom is 0.387 e.